The monoisotopic (exact) mass is 400 g/mol. The van der Waals surface area contributed by atoms with Crippen molar-refractivity contribution >= 4 is 21.9 Å². The Hall–Kier alpha value is -1.59. The lowest BCUT2D eigenvalue weighted by molar-refractivity contribution is -0.155. The summed E-state index contributed by atoms with van der Waals surface area (Å²) in [5.41, 5.74) is 1.99. The molecular weight excluding hydrogens is 380 g/mol. The first-order valence-corrected chi connectivity index (χ1v) is 9.71. The highest BCUT2D eigenvalue weighted by atomic mass is 79.9. The number of ether oxygens (including phenoxy) is 1. The molecule has 0 aliphatic carbocycles. The normalized spacial score (nSPS) is 33.1. The SMILES string of the molecule is COC(=O)[C@@]12Cn3cccc3[C@@H]1N1CCCC1[C@H]2c1ccc(Br)cc1. The van der Waals surface area contributed by atoms with Crippen molar-refractivity contribution in [2.24, 2.45) is 5.41 Å². The maximum atomic E-state index is 13.2. The first kappa shape index (κ1) is 15.6. The maximum Gasteiger partial charge on any atom is 0.316 e. The molecule has 4 nitrogen and oxygen atoms in total. The summed E-state index contributed by atoms with van der Waals surface area (Å²) < 4.78 is 8.71. The molecule has 5 heteroatoms. The van der Waals surface area contributed by atoms with Gasteiger partial charge < -0.3 is 9.30 Å². The number of hydrogen-bond donors (Lipinski definition) is 0. The Balaban J connectivity index is 1.72. The summed E-state index contributed by atoms with van der Waals surface area (Å²) in [6, 6.07) is 13.3. The topological polar surface area (TPSA) is 34.5 Å². The van der Waals surface area contributed by atoms with Crippen molar-refractivity contribution in [2.45, 2.75) is 37.4 Å². The maximum absolute atomic E-state index is 13.2. The van der Waals surface area contributed by atoms with Crippen LogP contribution in [0.25, 0.3) is 0 Å². The van der Waals surface area contributed by atoms with Crippen molar-refractivity contribution in [2.75, 3.05) is 13.7 Å². The summed E-state index contributed by atoms with van der Waals surface area (Å²) in [6.45, 7) is 1.77. The van der Waals surface area contributed by atoms with Gasteiger partial charge in [0.05, 0.1) is 13.2 Å². The molecule has 4 heterocycles. The Bertz CT molecular complexity index is 830. The molecule has 3 aliphatic rings. The summed E-state index contributed by atoms with van der Waals surface area (Å²) in [5.74, 6) is 0.101. The molecule has 1 unspecified atom stereocenters. The lowest BCUT2D eigenvalue weighted by Crippen LogP contribution is -2.41. The Morgan fingerprint density at radius 1 is 1.28 bits per heavy atom. The molecule has 25 heavy (non-hydrogen) atoms. The van der Waals surface area contributed by atoms with Gasteiger partial charge in [-0.2, -0.15) is 0 Å². The number of methoxy groups -OCH3 is 1. The number of esters is 1. The smallest absolute Gasteiger partial charge is 0.316 e. The molecule has 0 amide bonds. The van der Waals surface area contributed by atoms with E-state index in [2.05, 4.69) is 68.0 Å². The minimum Gasteiger partial charge on any atom is -0.468 e. The molecule has 2 aromatic rings. The highest BCUT2D eigenvalue weighted by molar-refractivity contribution is 9.10. The van der Waals surface area contributed by atoms with Crippen molar-refractivity contribution in [1.29, 1.82) is 0 Å². The highest BCUT2D eigenvalue weighted by Gasteiger charge is 2.68. The molecular formula is C20H21BrN2O2. The largest absolute Gasteiger partial charge is 0.468 e. The second-order valence-electron chi connectivity index (χ2n) is 7.47. The van der Waals surface area contributed by atoms with Gasteiger partial charge in [0.2, 0.25) is 0 Å². The van der Waals surface area contributed by atoms with Crippen LogP contribution < -0.4 is 0 Å². The lowest BCUT2D eigenvalue weighted by Gasteiger charge is -2.33. The molecule has 0 N–H and O–H groups in total. The minimum atomic E-state index is -0.524. The minimum absolute atomic E-state index is 0.0662. The number of carbonyl (C=O) groups is 1. The Kier molecular flexibility index (Phi) is 3.41. The van der Waals surface area contributed by atoms with E-state index >= 15 is 0 Å². The van der Waals surface area contributed by atoms with Gasteiger partial charge in [0, 0.05) is 34.9 Å². The van der Waals surface area contributed by atoms with Gasteiger partial charge in [0.1, 0.15) is 5.41 Å². The van der Waals surface area contributed by atoms with E-state index in [-0.39, 0.29) is 17.9 Å². The van der Waals surface area contributed by atoms with E-state index in [9.17, 15) is 4.79 Å². The third kappa shape index (κ3) is 1.94. The van der Waals surface area contributed by atoms with Gasteiger partial charge in [-0.1, -0.05) is 28.1 Å². The van der Waals surface area contributed by atoms with Crippen LogP contribution in [0.4, 0.5) is 0 Å². The van der Waals surface area contributed by atoms with Crippen molar-refractivity contribution in [3.8, 4) is 0 Å². The average molecular weight is 401 g/mol. The summed E-state index contributed by atoms with van der Waals surface area (Å²) in [5, 5.41) is 0. The Morgan fingerprint density at radius 3 is 2.84 bits per heavy atom. The number of rotatable bonds is 2. The van der Waals surface area contributed by atoms with Gasteiger partial charge in [-0.25, -0.2) is 0 Å². The van der Waals surface area contributed by atoms with E-state index in [0.717, 1.165) is 17.4 Å². The van der Waals surface area contributed by atoms with E-state index in [4.69, 9.17) is 4.74 Å². The van der Waals surface area contributed by atoms with Crippen molar-refractivity contribution in [3.05, 3.63) is 58.3 Å². The first-order chi connectivity index (χ1) is 12.2. The molecule has 0 bridgehead atoms. The van der Waals surface area contributed by atoms with Gasteiger partial charge in [0.25, 0.3) is 0 Å². The van der Waals surface area contributed by atoms with Gasteiger partial charge >= 0.3 is 5.97 Å². The van der Waals surface area contributed by atoms with Crippen molar-refractivity contribution in [3.63, 3.8) is 0 Å². The van der Waals surface area contributed by atoms with E-state index in [0.29, 0.717) is 12.6 Å². The quantitative estimate of drug-likeness (QED) is 0.720. The van der Waals surface area contributed by atoms with Crippen LogP contribution in [0.3, 0.4) is 0 Å². The summed E-state index contributed by atoms with van der Waals surface area (Å²) >= 11 is 3.53. The second-order valence-corrected chi connectivity index (χ2v) is 8.39. The Labute approximate surface area is 155 Å². The van der Waals surface area contributed by atoms with Gasteiger partial charge in [-0.15, -0.1) is 0 Å². The zero-order chi connectivity index (χ0) is 17.2. The lowest BCUT2D eigenvalue weighted by atomic mass is 9.68. The number of hydrogen-bond acceptors (Lipinski definition) is 3. The van der Waals surface area contributed by atoms with Crippen LogP contribution in [0.5, 0.6) is 0 Å². The van der Waals surface area contributed by atoms with Gasteiger partial charge in [0.15, 0.2) is 0 Å². The molecule has 0 saturated carbocycles. The molecule has 3 aliphatic heterocycles. The zero-order valence-corrected chi connectivity index (χ0v) is 15.8. The predicted molar refractivity (Wildman–Crippen MR) is 98.2 cm³/mol. The number of aromatic nitrogens is 1. The number of nitrogens with zero attached hydrogens (tertiary/aromatic N) is 2. The Morgan fingerprint density at radius 2 is 2.08 bits per heavy atom. The molecule has 130 valence electrons. The van der Waals surface area contributed by atoms with Crippen LogP contribution in [-0.2, 0) is 16.1 Å². The van der Waals surface area contributed by atoms with Crippen molar-refractivity contribution < 1.29 is 9.53 Å². The van der Waals surface area contributed by atoms with Crippen LogP contribution >= 0.6 is 15.9 Å². The van der Waals surface area contributed by atoms with Gasteiger partial charge in [-0.05, 0) is 49.2 Å². The van der Waals surface area contributed by atoms with Crippen LogP contribution in [0.2, 0.25) is 0 Å². The molecule has 5 rings (SSSR count). The number of benzene rings is 1. The fourth-order valence-electron chi connectivity index (χ4n) is 5.71. The van der Waals surface area contributed by atoms with Crippen LogP contribution in [0, 0.1) is 5.41 Å². The summed E-state index contributed by atoms with van der Waals surface area (Å²) in [6.07, 6.45) is 4.45. The fraction of sp³-hybridized carbons (Fsp3) is 0.450. The molecule has 2 saturated heterocycles. The van der Waals surface area contributed by atoms with E-state index in [1.807, 2.05) is 0 Å². The fourth-order valence-corrected chi connectivity index (χ4v) is 5.97. The van der Waals surface area contributed by atoms with E-state index < -0.39 is 5.41 Å². The molecule has 0 spiro atoms. The molecule has 0 radical (unpaired) electrons. The summed E-state index contributed by atoms with van der Waals surface area (Å²) in [7, 11) is 1.53. The third-order valence-corrected chi connectivity index (χ3v) is 7.00. The molecule has 2 fully saturated rings. The van der Waals surface area contributed by atoms with E-state index in [1.54, 1.807) is 0 Å². The number of halogens is 1. The first-order valence-electron chi connectivity index (χ1n) is 8.91. The molecule has 4 atom stereocenters. The molecule has 1 aromatic carbocycles. The second kappa shape index (κ2) is 5.45. The predicted octanol–water partition coefficient (Wildman–Crippen LogP) is 3.73. The van der Waals surface area contributed by atoms with Crippen LogP contribution in [0.15, 0.2) is 47.1 Å². The zero-order valence-electron chi connectivity index (χ0n) is 14.2. The third-order valence-electron chi connectivity index (χ3n) is 6.47. The number of carbonyl (C=O) groups excluding carboxylic acids is 1. The van der Waals surface area contributed by atoms with Crippen molar-refractivity contribution in [1.82, 2.24) is 9.47 Å². The average Bonchev–Trinajstić information content (AvgIpc) is 3.33. The number of fused-ring (bicyclic) bond motifs is 5. The van der Waals surface area contributed by atoms with E-state index in [1.165, 1.54) is 24.8 Å². The summed E-state index contributed by atoms with van der Waals surface area (Å²) in [4.78, 5) is 15.8. The van der Waals surface area contributed by atoms with Gasteiger partial charge in [-0.3, -0.25) is 9.69 Å². The highest BCUT2D eigenvalue weighted by Crippen LogP contribution is 2.64. The molecule has 1 aromatic heterocycles. The van der Waals surface area contributed by atoms with Crippen LogP contribution in [0.1, 0.15) is 36.1 Å². The standard InChI is InChI=1S/C20H21BrN2O2/c1-25-19(24)20-12-22-10-2-5-16(22)18(20)23-11-3-4-15(23)17(20)13-6-8-14(21)9-7-13/h2,5-10,15,17-18H,3-4,11-12H2,1H3/t15?,17-,18+,20-/m1/s1. The van der Waals surface area contributed by atoms with Crippen LogP contribution in [-0.4, -0.2) is 35.1 Å².